The predicted octanol–water partition coefficient (Wildman–Crippen LogP) is 4.33. The van der Waals surface area contributed by atoms with Gasteiger partial charge in [0.15, 0.2) is 5.76 Å². The molecule has 0 radical (unpaired) electrons. The molecule has 0 bridgehead atoms. The Labute approximate surface area is 191 Å². The van der Waals surface area contributed by atoms with E-state index in [9.17, 15) is 5.11 Å². The summed E-state index contributed by atoms with van der Waals surface area (Å²) in [5.41, 5.74) is 3.41. The fourth-order valence-electron chi connectivity index (χ4n) is 3.23. The number of rotatable bonds is 7. The van der Waals surface area contributed by atoms with Crippen molar-refractivity contribution in [3.63, 3.8) is 0 Å². The molecule has 7 heteroatoms. The van der Waals surface area contributed by atoms with Gasteiger partial charge in [-0.25, -0.2) is 4.98 Å². The van der Waals surface area contributed by atoms with Gasteiger partial charge in [-0.3, -0.25) is 0 Å². The lowest BCUT2D eigenvalue weighted by atomic mass is 10.1. The summed E-state index contributed by atoms with van der Waals surface area (Å²) in [4.78, 5) is 4.17. The van der Waals surface area contributed by atoms with Gasteiger partial charge in [0.2, 0.25) is 0 Å². The number of hydrogen-bond donors (Lipinski definition) is 1. The Balaban J connectivity index is 1.39. The van der Waals surface area contributed by atoms with E-state index >= 15 is 0 Å². The van der Waals surface area contributed by atoms with Gasteiger partial charge in [-0.05, 0) is 55.5 Å². The highest BCUT2D eigenvalue weighted by molar-refractivity contribution is 5.59. The van der Waals surface area contributed by atoms with Gasteiger partial charge in [-0.1, -0.05) is 17.0 Å². The molecule has 1 unspecified atom stereocenters. The summed E-state index contributed by atoms with van der Waals surface area (Å²) < 4.78 is 12.8. The summed E-state index contributed by atoms with van der Waals surface area (Å²) in [7, 11) is 0. The monoisotopic (exact) mass is 438 g/mol. The van der Waals surface area contributed by atoms with Gasteiger partial charge in [-0.2, -0.15) is 5.26 Å². The molecule has 0 saturated heterocycles. The van der Waals surface area contributed by atoms with Crippen molar-refractivity contribution in [2.45, 2.75) is 26.0 Å². The lowest BCUT2D eigenvalue weighted by Crippen LogP contribution is -2.07. The van der Waals surface area contributed by atoms with Crippen LogP contribution in [-0.2, 0) is 6.54 Å². The summed E-state index contributed by atoms with van der Waals surface area (Å²) in [5.74, 6) is 8.26. The molecule has 1 atom stereocenters. The molecule has 0 aliphatic heterocycles. The van der Waals surface area contributed by atoms with E-state index in [1.54, 1.807) is 19.3 Å². The van der Waals surface area contributed by atoms with E-state index in [-0.39, 0.29) is 0 Å². The summed E-state index contributed by atoms with van der Waals surface area (Å²) >= 11 is 0. The van der Waals surface area contributed by atoms with Crippen LogP contribution in [0, 0.1) is 23.2 Å². The van der Waals surface area contributed by atoms with Gasteiger partial charge in [0, 0.05) is 35.2 Å². The minimum absolute atomic E-state index is 0.363. The van der Waals surface area contributed by atoms with Crippen LogP contribution in [0.1, 0.15) is 42.1 Å². The van der Waals surface area contributed by atoms with E-state index < -0.39 is 6.10 Å². The van der Waals surface area contributed by atoms with Gasteiger partial charge in [0.1, 0.15) is 30.0 Å². The number of ether oxygens (including phenoxy) is 1. The fraction of sp³-hybridized carbons (Fsp3) is 0.192. The number of hydrogen-bond acceptors (Lipinski definition) is 6. The van der Waals surface area contributed by atoms with Crippen molar-refractivity contribution in [3.8, 4) is 35.0 Å². The molecule has 0 spiro atoms. The molecule has 0 aliphatic carbocycles. The number of nitriles is 1. The zero-order valence-corrected chi connectivity index (χ0v) is 18.1. The molecule has 1 N–H and O–H groups in total. The molecule has 0 fully saturated rings. The first-order valence-corrected chi connectivity index (χ1v) is 10.5. The Bertz CT molecular complexity index is 1300. The molecule has 0 saturated carbocycles. The van der Waals surface area contributed by atoms with Crippen molar-refractivity contribution >= 4 is 0 Å². The van der Waals surface area contributed by atoms with E-state index in [0.29, 0.717) is 31.2 Å². The molecule has 0 amide bonds. The molecule has 7 nitrogen and oxygen atoms in total. The Morgan fingerprint density at radius 1 is 1.09 bits per heavy atom. The summed E-state index contributed by atoms with van der Waals surface area (Å²) in [6.07, 6.45) is 3.17. The van der Waals surface area contributed by atoms with Crippen LogP contribution < -0.4 is 4.74 Å². The van der Waals surface area contributed by atoms with Crippen molar-refractivity contribution in [2.75, 3.05) is 6.61 Å². The lowest BCUT2D eigenvalue weighted by molar-refractivity contribution is 0.184. The Kier molecular flexibility index (Phi) is 6.84. The average Bonchev–Trinajstić information content (AvgIpc) is 3.49. The van der Waals surface area contributed by atoms with Crippen LogP contribution >= 0.6 is 0 Å². The van der Waals surface area contributed by atoms with Crippen LogP contribution in [0.4, 0.5) is 0 Å². The van der Waals surface area contributed by atoms with E-state index in [2.05, 4.69) is 22.0 Å². The number of aliphatic hydroxyl groups excluding tert-OH is 1. The van der Waals surface area contributed by atoms with Crippen LogP contribution in [0.15, 0.2) is 71.5 Å². The van der Waals surface area contributed by atoms with E-state index in [1.165, 1.54) is 0 Å². The normalized spacial score (nSPS) is 11.3. The minimum Gasteiger partial charge on any atom is -0.493 e. The predicted molar refractivity (Wildman–Crippen MR) is 122 cm³/mol. The second-order valence-corrected chi connectivity index (χ2v) is 7.38. The van der Waals surface area contributed by atoms with Gasteiger partial charge in [0.05, 0.1) is 19.0 Å². The molecule has 2 aromatic heterocycles. The number of benzene rings is 2. The molecule has 164 valence electrons. The maximum Gasteiger partial charge on any atom is 0.167 e. The number of nitrogens with zero attached hydrogens (tertiary/aromatic N) is 4. The topological polar surface area (TPSA) is 97.1 Å². The van der Waals surface area contributed by atoms with Gasteiger partial charge in [0.25, 0.3) is 0 Å². The summed E-state index contributed by atoms with van der Waals surface area (Å²) in [6.45, 7) is 2.53. The first kappa shape index (κ1) is 21.9. The quantitative estimate of drug-likeness (QED) is 0.341. The second-order valence-electron chi connectivity index (χ2n) is 7.38. The van der Waals surface area contributed by atoms with Crippen LogP contribution in [0.5, 0.6) is 5.75 Å². The molecular weight excluding hydrogens is 416 g/mol. The van der Waals surface area contributed by atoms with Gasteiger partial charge >= 0.3 is 0 Å². The number of aliphatic hydroxyl groups is 1. The molecule has 33 heavy (non-hydrogen) atoms. The highest BCUT2D eigenvalue weighted by Crippen LogP contribution is 2.22. The molecule has 0 aliphatic rings. The van der Waals surface area contributed by atoms with E-state index in [1.807, 2.05) is 65.2 Å². The van der Waals surface area contributed by atoms with Gasteiger partial charge in [-0.15, -0.1) is 0 Å². The summed E-state index contributed by atoms with van der Waals surface area (Å²) in [6, 6.07) is 19.2. The SMILES string of the molecule is CC(O)c1nccn1Cc1cc(-c2ccc(C#Cc3ccc(OCCC#N)cc3)cc2)on1. The number of aromatic nitrogens is 3. The van der Waals surface area contributed by atoms with E-state index in [4.69, 9.17) is 14.5 Å². The van der Waals surface area contributed by atoms with Crippen molar-refractivity contribution in [2.24, 2.45) is 0 Å². The highest BCUT2D eigenvalue weighted by atomic mass is 16.5. The molecule has 2 heterocycles. The van der Waals surface area contributed by atoms with Crippen molar-refractivity contribution in [1.82, 2.24) is 14.7 Å². The number of imidazole rings is 1. The lowest BCUT2D eigenvalue weighted by Gasteiger charge is -2.07. The molecule has 2 aromatic carbocycles. The minimum atomic E-state index is -0.652. The van der Waals surface area contributed by atoms with E-state index in [0.717, 1.165) is 28.1 Å². The third-order valence-electron chi connectivity index (χ3n) is 4.87. The first-order valence-electron chi connectivity index (χ1n) is 10.5. The zero-order valence-electron chi connectivity index (χ0n) is 18.1. The standard InChI is InChI=1S/C26H22N4O3/c1-19(31)26-28-14-15-30(26)18-23-17-25(33-29-23)22-9-5-20(6-10-22)3-4-21-7-11-24(12-8-21)32-16-2-13-27/h5-12,14-15,17,19,31H,2,16,18H2,1H3. The zero-order chi connectivity index (χ0) is 23.0. The Morgan fingerprint density at radius 3 is 2.45 bits per heavy atom. The van der Waals surface area contributed by atoms with Crippen LogP contribution in [-0.4, -0.2) is 26.4 Å². The second kappa shape index (κ2) is 10.3. The van der Waals surface area contributed by atoms with Gasteiger partial charge < -0.3 is 18.9 Å². The Hall–Kier alpha value is -4.33. The first-order chi connectivity index (χ1) is 16.1. The smallest absolute Gasteiger partial charge is 0.167 e. The maximum atomic E-state index is 9.80. The third-order valence-corrected chi connectivity index (χ3v) is 4.87. The van der Waals surface area contributed by atoms with Crippen LogP contribution in [0.25, 0.3) is 11.3 Å². The van der Waals surface area contributed by atoms with Crippen LogP contribution in [0.3, 0.4) is 0 Å². The molecular formula is C26H22N4O3. The van der Waals surface area contributed by atoms with Crippen LogP contribution in [0.2, 0.25) is 0 Å². The summed E-state index contributed by atoms with van der Waals surface area (Å²) in [5, 5.41) is 22.5. The van der Waals surface area contributed by atoms with Crippen molar-refractivity contribution in [1.29, 1.82) is 5.26 Å². The molecule has 4 aromatic rings. The average molecular weight is 438 g/mol. The fourth-order valence-corrected chi connectivity index (χ4v) is 3.23. The third kappa shape index (κ3) is 5.68. The largest absolute Gasteiger partial charge is 0.493 e. The van der Waals surface area contributed by atoms with Crippen molar-refractivity contribution in [3.05, 3.63) is 89.6 Å². The molecule has 4 rings (SSSR count). The van der Waals surface area contributed by atoms with Crippen molar-refractivity contribution < 1.29 is 14.4 Å². The maximum absolute atomic E-state index is 9.80. The highest BCUT2D eigenvalue weighted by Gasteiger charge is 2.12. The Morgan fingerprint density at radius 2 is 1.79 bits per heavy atom.